The number of carbonyl (C=O) groups excluding carboxylic acids is 2. The van der Waals surface area contributed by atoms with E-state index in [0.29, 0.717) is 47.3 Å². The van der Waals surface area contributed by atoms with E-state index in [0.717, 1.165) is 5.41 Å². The normalized spacial score (nSPS) is 16.2. The zero-order valence-corrected chi connectivity index (χ0v) is 20.3. The van der Waals surface area contributed by atoms with E-state index in [9.17, 15) is 18.0 Å². The van der Waals surface area contributed by atoms with E-state index in [1.807, 2.05) is 0 Å². The molecule has 1 N–H and O–H groups in total. The van der Waals surface area contributed by atoms with Crippen LogP contribution < -0.4 is 10.1 Å². The lowest BCUT2D eigenvalue weighted by molar-refractivity contribution is -0.124. The number of methoxy groups -OCH3 is 1. The van der Waals surface area contributed by atoms with Crippen LogP contribution in [0.25, 0.3) is 0 Å². The van der Waals surface area contributed by atoms with Gasteiger partial charge < -0.3 is 15.0 Å². The molecule has 1 fully saturated rings. The van der Waals surface area contributed by atoms with E-state index in [1.165, 1.54) is 37.5 Å². The van der Waals surface area contributed by atoms with Crippen LogP contribution in [0.3, 0.4) is 0 Å². The lowest BCUT2D eigenvalue weighted by Crippen LogP contribution is -2.35. The highest BCUT2D eigenvalue weighted by atomic mass is 35.5. The third-order valence-electron chi connectivity index (χ3n) is 5.27. The maximum Gasteiger partial charge on any atom is 0.257 e. The molecule has 0 radical (unpaired) electrons. The van der Waals surface area contributed by atoms with Crippen LogP contribution in [-0.2, 0) is 14.6 Å². The Morgan fingerprint density at radius 3 is 2.55 bits per heavy atom. The van der Waals surface area contributed by atoms with Gasteiger partial charge in [-0.25, -0.2) is 8.42 Å². The van der Waals surface area contributed by atoms with Crippen LogP contribution in [0, 0.1) is 5.92 Å². The highest BCUT2D eigenvalue weighted by Crippen LogP contribution is 2.27. The van der Waals surface area contributed by atoms with Crippen LogP contribution in [0.2, 0.25) is 10.0 Å². The fourth-order valence-corrected chi connectivity index (χ4v) is 4.86. The number of nitrogens with zero attached hydrogens (tertiary/aromatic N) is 1. The molecule has 1 heterocycles. The first kappa shape index (κ1) is 25.1. The van der Waals surface area contributed by atoms with Crippen molar-refractivity contribution in [3.05, 3.63) is 69.6 Å². The van der Waals surface area contributed by atoms with Crippen LogP contribution in [0.4, 0.5) is 0 Å². The average Bonchev–Trinajstić information content (AvgIpc) is 3.29. The average molecular weight is 511 g/mol. The molecule has 10 heteroatoms. The second-order valence-electron chi connectivity index (χ2n) is 7.53. The Labute approximate surface area is 203 Å². The molecule has 1 atom stereocenters. The van der Waals surface area contributed by atoms with Gasteiger partial charge in [0.2, 0.25) is 5.91 Å². The van der Waals surface area contributed by atoms with Gasteiger partial charge in [0.1, 0.15) is 5.75 Å². The molecule has 176 valence electrons. The third kappa shape index (κ3) is 6.50. The Balaban J connectivity index is 1.48. The zero-order chi connectivity index (χ0) is 24.0. The Morgan fingerprint density at radius 2 is 1.85 bits per heavy atom. The van der Waals surface area contributed by atoms with Gasteiger partial charge in [0, 0.05) is 35.1 Å². The first-order valence-corrected chi connectivity index (χ1v) is 12.6. The van der Waals surface area contributed by atoms with Crippen molar-refractivity contribution >= 4 is 44.9 Å². The summed E-state index contributed by atoms with van der Waals surface area (Å²) in [6.07, 6.45) is 2.40. The largest absolute Gasteiger partial charge is 0.496 e. The van der Waals surface area contributed by atoms with Crippen molar-refractivity contribution in [3.63, 3.8) is 0 Å². The molecule has 0 unspecified atom stereocenters. The summed E-state index contributed by atoms with van der Waals surface area (Å²) in [5.41, 5.74) is 0.359. The molecule has 3 rings (SSSR count). The number of ether oxygens (including phenoxy) is 1. The van der Waals surface area contributed by atoms with Gasteiger partial charge in [-0.05, 0) is 55.3 Å². The Kier molecular flexibility index (Phi) is 8.40. The van der Waals surface area contributed by atoms with Gasteiger partial charge in [-0.3, -0.25) is 9.59 Å². The highest BCUT2D eigenvalue weighted by molar-refractivity contribution is 7.94. The van der Waals surface area contributed by atoms with Crippen LogP contribution >= 0.6 is 23.2 Å². The summed E-state index contributed by atoms with van der Waals surface area (Å²) in [7, 11) is -2.08. The molecule has 0 aromatic heterocycles. The minimum Gasteiger partial charge on any atom is -0.496 e. The monoisotopic (exact) mass is 510 g/mol. The van der Waals surface area contributed by atoms with Crippen LogP contribution in [0.5, 0.6) is 5.75 Å². The first-order chi connectivity index (χ1) is 15.7. The number of halogens is 2. The molecule has 0 aliphatic carbocycles. The van der Waals surface area contributed by atoms with Gasteiger partial charge in [0.05, 0.1) is 23.5 Å². The molecule has 1 aliphatic heterocycles. The molecule has 2 aromatic rings. The van der Waals surface area contributed by atoms with Gasteiger partial charge in [-0.1, -0.05) is 29.3 Å². The fourth-order valence-electron chi connectivity index (χ4n) is 3.50. The topological polar surface area (TPSA) is 92.8 Å². The van der Waals surface area contributed by atoms with E-state index in [2.05, 4.69) is 5.32 Å². The molecule has 0 saturated carbocycles. The van der Waals surface area contributed by atoms with E-state index >= 15 is 0 Å². The van der Waals surface area contributed by atoms with Crippen molar-refractivity contribution < 1.29 is 22.7 Å². The molecule has 2 amide bonds. The van der Waals surface area contributed by atoms with Crippen LogP contribution in [0.15, 0.2) is 58.8 Å². The number of likely N-dealkylation sites (tertiary alicyclic amines) is 1. The minimum atomic E-state index is -3.56. The number of sulfone groups is 1. The summed E-state index contributed by atoms with van der Waals surface area (Å²) in [4.78, 5) is 27.1. The number of rotatable bonds is 8. The third-order valence-corrected chi connectivity index (χ3v) is 7.23. The lowest BCUT2D eigenvalue weighted by Gasteiger charge is -2.18. The van der Waals surface area contributed by atoms with E-state index in [4.69, 9.17) is 27.9 Å². The lowest BCUT2D eigenvalue weighted by atomic mass is 10.1. The number of benzene rings is 2. The minimum absolute atomic E-state index is 0.152. The predicted molar refractivity (Wildman–Crippen MR) is 127 cm³/mol. The number of nitrogens with one attached hydrogen (secondary N) is 1. The van der Waals surface area contributed by atoms with Crippen molar-refractivity contribution in [2.24, 2.45) is 5.92 Å². The smallest absolute Gasteiger partial charge is 0.257 e. The summed E-state index contributed by atoms with van der Waals surface area (Å²) in [6.45, 7) is 1.03. The molecule has 1 aliphatic rings. The van der Waals surface area contributed by atoms with E-state index in [1.54, 1.807) is 23.1 Å². The highest BCUT2D eigenvalue weighted by Gasteiger charge is 2.32. The van der Waals surface area contributed by atoms with Crippen LogP contribution in [-0.4, -0.2) is 51.9 Å². The molecule has 1 saturated heterocycles. The molecule has 0 bridgehead atoms. The zero-order valence-electron chi connectivity index (χ0n) is 18.0. The summed E-state index contributed by atoms with van der Waals surface area (Å²) in [6, 6.07) is 10.7. The van der Waals surface area contributed by atoms with E-state index < -0.39 is 9.84 Å². The molecule has 33 heavy (non-hydrogen) atoms. The van der Waals surface area contributed by atoms with Crippen molar-refractivity contribution in [2.75, 3.05) is 26.7 Å². The number of carbonyl (C=O) groups is 2. The molecule has 2 aromatic carbocycles. The summed E-state index contributed by atoms with van der Waals surface area (Å²) < 4.78 is 29.8. The second kappa shape index (κ2) is 11.0. The van der Waals surface area contributed by atoms with Gasteiger partial charge in [0.15, 0.2) is 9.84 Å². The Morgan fingerprint density at radius 1 is 1.15 bits per heavy atom. The number of amides is 2. The Hall–Kier alpha value is -2.55. The van der Waals surface area contributed by atoms with Crippen molar-refractivity contribution in [2.45, 2.75) is 17.7 Å². The maximum absolute atomic E-state index is 12.9. The van der Waals surface area contributed by atoms with Crippen molar-refractivity contribution in [3.8, 4) is 5.75 Å². The Bertz CT molecular complexity index is 1150. The number of hydrogen-bond acceptors (Lipinski definition) is 5. The summed E-state index contributed by atoms with van der Waals surface area (Å²) in [5, 5.41) is 4.81. The quantitative estimate of drug-likeness (QED) is 0.542. The summed E-state index contributed by atoms with van der Waals surface area (Å²) >= 11 is 11.8. The first-order valence-electron chi connectivity index (χ1n) is 10.3. The number of hydrogen-bond donors (Lipinski definition) is 1. The molecular weight excluding hydrogens is 487 g/mol. The SMILES string of the molecule is COc1ccc(Cl)cc1C(=O)N1CC[C@H](C(=O)NCC/C=C/S(=O)(=O)c2ccc(Cl)cc2)C1. The van der Waals surface area contributed by atoms with Gasteiger partial charge >= 0.3 is 0 Å². The van der Waals surface area contributed by atoms with Gasteiger partial charge in [0.25, 0.3) is 5.91 Å². The maximum atomic E-state index is 12.9. The van der Waals surface area contributed by atoms with Gasteiger partial charge in [-0.15, -0.1) is 0 Å². The molecule has 7 nitrogen and oxygen atoms in total. The fraction of sp³-hybridized carbons (Fsp3) is 0.304. The second-order valence-corrected chi connectivity index (χ2v) is 10.2. The van der Waals surface area contributed by atoms with Gasteiger partial charge in [-0.2, -0.15) is 0 Å². The molecule has 0 spiro atoms. The van der Waals surface area contributed by atoms with Crippen molar-refractivity contribution in [1.82, 2.24) is 10.2 Å². The van der Waals surface area contributed by atoms with E-state index in [-0.39, 0.29) is 29.2 Å². The molecular formula is C23H24Cl2N2O5S. The van der Waals surface area contributed by atoms with Crippen molar-refractivity contribution in [1.29, 1.82) is 0 Å². The van der Waals surface area contributed by atoms with Crippen LogP contribution in [0.1, 0.15) is 23.2 Å². The summed E-state index contributed by atoms with van der Waals surface area (Å²) in [5.74, 6) is -0.309. The predicted octanol–water partition coefficient (Wildman–Crippen LogP) is 3.96. The standard InChI is InChI=1S/C23H24Cl2N2O5S/c1-32-21-9-6-18(25)14-20(21)23(29)27-12-10-16(15-27)22(28)26-11-2-3-13-33(30,31)19-7-4-17(24)5-8-19/h3-9,13-14,16H,2,10-12,15H2,1H3,(H,26,28)/b13-3+/t16-/m0/s1.